The SMILES string of the molecule is S=c1nc(Nc2ccccc2)[nH]c(N2CCOCC2)n1. The zero-order valence-electron chi connectivity index (χ0n) is 10.9. The fourth-order valence-corrected chi connectivity index (χ4v) is 2.19. The van der Waals surface area contributed by atoms with Gasteiger partial charge in [-0.2, -0.15) is 9.97 Å². The summed E-state index contributed by atoms with van der Waals surface area (Å²) in [5, 5.41) is 3.19. The predicted octanol–water partition coefficient (Wildman–Crippen LogP) is 2.11. The van der Waals surface area contributed by atoms with Gasteiger partial charge >= 0.3 is 0 Å². The Morgan fingerprint density at radius 1 is 1.15 bits per heavy atom. The van der Waals surface area contributed by atoms with Crippen LogP contribution in [0.1, 0.15) is 0 Å². The molecule has 0 atom stereocenters. The molecule has 1 saturated heterocycles. The molecule has 3 rings (SSSR count). The number of aromatic nitrogens is 3. The van der Waals surface area contributed by atoms with Crippen LogP contribution in [-0.2, 0) is 4.74 Å². The van der Waals surface area contributed by atoms with Crippen LogP contribution >= 0.6 is 12.2 Å². The molecular weight excluding hydrogens is 274 g/mol. The molecule has 1 aromatic carbocycles. The minimum Gasteiger partial charge on any atom is -0.378 e. The van der Waals surface area contributed by atoms with E-state index >= 15 is 0 Å². The number of anilines is 3. The van der Waals surface area contributed by atoms with Crippen LogP contribution in [0, 0.1) is 4.77 Å². The lowest BCUT2D eigenvalue weighted by atomic mass is 10.3. The van der Waals surface area contributed by atoms with E-state index in [0.717, 1.165) is 24.7 Å². The number of aromatic amines is 1. The summed E-state index contributed by atoms with van der Waals surface area (Å²) in [7, 11) is 0. The highest BCUT2D eigenvalue weighted by Crippen LogP contribution is 2.15. The van der Waals surface area contributed by atoms with Gasteiger partial charge in [0.2, 0.25) is 16.7 Å². The van der Waals surface area contributed by atoms with Crippen molar-refractivity contribution in [3.8, 4) is 0 Å². The summed E-state index contributed by atoms with van der Waals surface area (Å²) < 4.78 is 5.66. The van der Waals surface area contributed by atoms with Crippen molar-refractivity contribution in [1.82, 2.24) is 15.0 Å². The molecule has 0 bridgehead atoms. The molecule has 0 aliphatic carbocycles. The Morgan fingerprint density at radius 2 is 1.90 bits per heavy atom. The maximum Gasteiger partial charge on any atom is 0.225 e. The summed E-state index contributed by atoms with van der Waals surface area (Å²) in [4.78, 5) is 13.8. The summed E-state index contributed by atoms with van der Waals surface area (Å²) in [6.45, 7) is 3.00. The highest BCUT2D eigenvalue weighted by molar-refractivity contribution is 7.71. The number of nitrogens with zero attached hydrogens (tertiary/aromatic N) is 3. The zero-order chi connectivity index (χ0) is 13.8. The van der Waals surface area contributed by atoms with Gasteiger partial charge in [0, 0.05) is 18.8 Å². The first-order chi connectivity index (χ1) is 9.81. The predicted molar refractivity (Wildman–Crippen MR) is 80.0 cm³/mol. The highest BCUT2D eigenvalue weighted by atomic mass is 32.1. The van der Waals surface area contributed by atoms with E-state index in [4.69, 9.17) is 17.0 Å². The van der Waals surface area contributed by atoms with Gasteiger partial charge < -0.3 is 15.0 Å². The van der Waals surface area contributed by atoms with Crippen LogP contribution in [0.3, 0.4) is 0 Å². The van der Waals surface area contributed by atoms with Gasteiger partial charge in [0.1, 0.15) is 0 Å². The molecule has 0 radical (unpaired) electrons. The molecule has 6 nitrogen and oxygen atoms in total. The van der Waals surface area contributed by atoms with Gasteiger partial charge in [0.05, 0.1) is 13.2 Å². The molecule has 0 unspecified atom stereocenters. The lowest BCUT2D eigenvalue weighted by Crippen LogP contribution is -2.37. The average molecular weight is 289 g/mol. The zero-order valence-corrected chi connectivity index (χ0v) is 11.7. The third-order valence-corrected chi connectivity index (χ3v) is 3.17. The molecule has 2 N–H and O–H groups in total. The quantitative estimate of drug-likeness (QED) is 0.844. The number of ether oxygens (including phenoxy) is 1. The van der Waals surface area contributed by atoms with Crippen LogP contribution in [0.4, 0.5) is 17.6 Å². The second-order valence-electron chi connectivity index (χ2n) is 4.39. The largest absolute Gasteiger partial charge is 0.378 e. The van der Waals surface area contributed by atoms with Crippen molar-refractivity contribution >= 4 is 29.8 Å². The van der Waals surface area contributed by atoms with E-state index in [1.165, 1.54) is 0 Å². The van der Waals surface area contributed by atoms with Gasteiger partial charge in [0.15, 0.2) is 0 Å². The van der Waals surface area contributed by atoms with E-state index in [9.17, 15) is 0 Å². The molecule has 0 spiro atoms. The Bertz CT molecular complexity index is 624. The van der Waals surface area contributed by atoms with E-state index in [-0.39, 0.29) is 0 Å². The first-order valence-corrected chi connectivity index (χ1v) is 6.85. The second-order valence-corrected chi connectivity index (χ2v) is 4.76. The van der Waals surface area contributed by atoms with E-state index < -0.39 is 0 Å². The van der Waals surface area contributed by atoms with E-state index in [1.807, 2.05) is 30.3 Å². The number of hydrogen-bond acceptors (Lipinski definition) is 6. The van der Waals surface area contributed by atoms with Crippen molar-refractivity contribution in [2.75, 3.05) is 36.5 Å². The van der Waals surface area contributed by atoms with E-state index in [0.29, 0.717) is 23.9 Å². The second kappa shape index (κ2) is 5.98. The van der Waals surface area contributed by atoms with Gasteiger partial charge in [-0.1, -0.05) is 18.2 Å². The monoisotopic (exact) mass is 289 g/mol. The van der Waals surface area contributed by atoms with Gasteiger partial charge in [-0.15, -0.1) is 0 Å². The molecule has 1 aliphatic rings. The van der Waals surface area contributed by atoms with Crippen LogP contribution in [0.15, 0.2) is 30.3 Å². The van der Waals surface area contributed by atoms with E-state index in [1.54, 1.807) is 0 Å². The topological polar surface area (TPSA) is 66.1 Å². The first-order valence-electron chi connectivity index (χ1n) is 6.44. The van der Waals surface area contributed by atoms with Gasteiger partial charge in [-0.25, -0.2) is 0 Å². The average Bonchev–Trinajstić information content (AvgIpc) is 2.49. The Hall–Kier alpha value is -1.99. The molecule has 7 heteroatoms. The number of morpholine rings is 1. The Morgan fingerprint density at radius 3 is 2.65 bits per heavy atom. The Labute approximate surface area is 121 Å². The molecule has 104 valence electrons. The lowest BCUT2D eigenvalue weighted by Gasteiger charge is -2.27. The number of benzene rings is 1. The van der Waals surface area contributed by atoms with Crippen molar-refractivity contribution in [1.29, 1.82) is 0 Å². The summed E-state index contributed by atoms with van der Waals surface area (Å²) in [6, 6.07) is 9.81. The van der Waals surface area contributed by atoms with Crippen LogP contribution in [-0.4, -0.2) is 41.3 Å². The molecule has 20 heavy (non-hydrogen) atoms. The number of para-hydroxylation sites is 1. The smallest absolute Gasteiger partial charge is 0.225 e. The van der Waals surface area contributed by atoms with Crippen LogP contribution in [0.5, 0.6) is 0 Å². The Balaban J connectivity index is 1.84. The number of H-pyrrole nitrogens is 1. The number of rotatable bonds is 3. The molecule has 1 aromatic heterocycles. The fraction of sp³-hybridized carbons (Fsp3) is 0.308. The molecular formula is C13H15N5OS. The molecule has 2 heterocycles. The summed E-state index contributed by atoms with van der Waals surface area (Å²) in [5.74, 6) is 1.32. The van der Waals surface area contributed by atoms with Crippen molar-refractivity contribution in [3.63, 3.8) is 0 Å². The molecule has 0 amide bonds. The normalized spacial score (nSPS) is 15.1. The van der Waals surface area contributed by atoms with Crippen molar-refractivity contribution in [2.24, 2.45) is 0 Å². The van der Waals surface area contributed by atoms with Gasteiger partial charge in [-0.05, 0) is 24.4 Å². The highest BCUT2D eigenvalue weighted by Gasteiger charge is 2.14. The summed E-state index contributed by atoms with van der Waals surface area (Å²) in [6.07, 6.45) is 0. The van der Waals surface area contributed by atoms with Gasteiger partial charge in [-0.3, -0.25) is 4.98 Å². The Kier molecular flexibility index (Phi) is 3.89. The fourth-order valence-electron chi connectivity index (χ4n) is 2.02. The summed E-state index contributed by atoms with van der Waals surface area (Å²) >= 11 is 5.13. The molecule has 1 aliphatic heterocycles. The molecule has 2 aromatic rings. The standard InChI is InChI=1S/C13H15N5OS/c20-13-16-11(14-10-4-2-1-3-5-10)15-12(17-13)18-6-8-19-9-7-18/h1-5H,6-9H2,(H2,14,15,16,17,20). The maximum atomic E-state index is 5.34. The minimum absolute atomic E-state index is 0.323. The van der Waals surface area contributed by atoms with E-state index in [2.05, 4.69) is 25.2 Å². The van der Waals surface area contributed by atoms with Crippen LogP contribution < -0.4 is 10.2 Å². The maximum absolute atomic E-state index is 5.34. The third kappa shape index (κ3) is 3.12. The van der Waals surface area contributed by atoms with Crippen molar-refractivity contribution < 1.29 is 4.74 Å². The molecule has 1 fully saturated rings. The molecule has 0 saturated carbocycles. The van der Waals surface area contributed by atoms with Gasteiger partial charge in [0.25, 0.3) is 0 Å². The minimum atomic E-state index is 0.323. The first kappa shape index (κ1) is 13.0. The van der Waals surface area contributed by atoms with Crippen molar-refractivity contribution in [3.05, 3.63) is 35.1 Å². The summed E-state index contributed by atoms with van der Waals surface area (Å²) in [5.41, 5.74) is 0.949. The number of nitrogens with one attached hydrogen (secondary N) is 2. The van der Waals surface area contributed by atoms with Crippen LogP contribution in [0.25, 0.3) is 0 Å². The number of hydrogen-bond donors (Lipinski definition) is 2. The third-order valence-electron chi connectivity index (χ3n) is 2.99. The van der Waals surface area contributed by atoms with Crippen LogP contribution in [0.2, 0.25) is 0 Å². The van der Waals surface area contributed by atoms with Crippen molar-refractivity contribution in [2.45, 2.75) is 0 Å². The lowest BCUT2D eigenvalue weighted by molar-refractivity contribution is 0.122.